The number of hydrogen-bond donors (Lipinski definition) is 0. The Morgan fingerprint density at radius 2 is 1.46 bits per heavy atom. The summed E-state index contributed by atoms with van der Waals surface area (Å²) in [6.45, 7) is 3.22. The van der Waals surface area contributed by atoms with Crippen LogP contribution < -0.4 is 0 Å². The number of halogens is 6. The molecule has 2 aromatic carbocycles. The maximum Gasteiger partial charge on any atom is 0.416 e. The molecule has 6 nitrogen and oxygen atoms in total. The molecule has 0 N–H and O–H groups in total. The molecule has 0 saturated carbocycles. The molecule has 2 atom stereocenters. The van der Waals surface area contributed by atoms with Crippen LogP contribution in [-0.4, -0.2) is 71.3 Å². The van der Waals surface area contributed by atoms with Gasteiger partial charge in [-0.05, 0) is 86.9 Å². The average molecular weight is 648 g/mol. The number of carbonyl (C=O) groups excluding carboxylic acids is 2. The van der Waals surface area contributed by atoms with Crippen LogP contribution in [0.1, 0.15) is 69.5 Å². The molecule has 3 aromatic rings. The molecule has 12 heteroatoms. The molecule has 6 rings (SSSR count). The lowest BCUT2D eigenvalue weighted by Crippen LogP contribution is -2.55. The number of rotatable bonds is 5. The topological polar surface area (TPSA) is 57.0 Å². The Balaban J connectivity index is 1.17. The molecule has 46 heavy (non-hydrogen) atoms. The standard InChI is InChI=1S/C34H35F6N3O3/c35-33(36,37)26-17-25(18-27(19-26)34(38,39)40)31(45)43-11-6-28(20-29(43)16-23-4-2-1-3-5-23)41-12-8-32(9-13-41)10-14-42(22-32)30(44)24-7-15-46-21-24/h1-5,7,15,17-19,21,28-29H,6,8-14,16,20,22H2. The minimum atomic E-state index is -5.04. The lowest BCUT2D eigenvalue weighted by molar-refractivity contribution is -0.143. The lowest BCUT2D eigenvalue weighted by atomic mass is 9.77. The van der Waals surface area contributed by atoms with Crippen LogP contribution in [0.25, 0.3) is 0 Å². The molecule has 1 spiro atoms. The molecule has 0 bridgehead atoms. The molecule has 0 radical (unpaired) electrons. The van der Waals surface area contributed by atoms with Gasteiger partial charge >= 0.3 is 12.4 Å². The minimum Gasteiger partial charge on any atom is -0.472 e. The monoisotopic (exact) mass is 647 g/mol. The van der Waals surface area contributed by atoms with Gasteiger partial charge in [0.1, 0.15) is 6.26 Å². The van der Waals surface area contributed by atoms with Gasteiger partial charge in [-0.25, -0.2) is 0 Å². The van der Waals surface area contributed by atoms with Crippen molar-refractivity contribution in [2.45, 2.75) is 63.0 Å². The molecule has 2 unspecified atom stereocenters. The number of amides is 2. The van der Waals surface area contributed by atoms with Gasteiger partial charge in [-0.3, -0.25) is 9.59 Å². The highest BCUT2D eigenvalue weighted by atomic mass is 19.4. The van der Waals surface area contributed by atoms with Crippen molar-refractivity contribution < 1.29 is 40.3 Å². The predicted octanol–water partition coefficient (Wildman–Crippen LogP) is 7.16. The quantitative estimate of drug-likeness (QED) is 0.276. The second-order valence-corrected chi connectivity index (χ2v) is 12.8. The van der Waals surface area contributed by atoms with Crippen LogP contribution in [-0.2, 0) is 18.8 Å². The molecule has 3 aliphatic rings. The van der Waals surface area contributed by atoms with Crippen LogP contribution in [0.4, 0.5) is 26.3 Å². The molecule has 246 valence electrons. The number of piperidine rings is 2. The lowest BCUT2D eigenvalue weighted by Gasteiger charge is -2.47. The third kappa shape index (κ3) is 6.82. The summed E-state index contributed by atoms with van der Waals surface area (Å²) in [6.07, 6.45) is -2.86. The first kappa shape index (κ1) is 32.2. The summed E-state index contributed by atoms with van der Waals surface area (Å²) in [5, 5.41) is 0. The Bertz CT molecular complexity index is 1500. The number of likely N-dealkylation sites (tertiary alicyclic amines) is 3. The van der Waals surface area contributed by atoms with Gasteiger partial charge in [-0.15, -0.1) is 0 Å². The van der Waals surface area contributed by atoms with E-state index in [1.807, 2.05) is 35.2 Å². The maximum atomic E-state index is 13.7. The van der Waals surface area contributed by atoms with Gasteiger partial charge in [-0.1, -0.05) is 30.3 Å². The van der Waals surface area contributed by atoms with Crippen LogP contribution >= 0.6 is 0 Å². The van der Waals surface area contributed by atoms with Crippen LogP contribution in [0.15, 0.2) is 71.5 Å². The maximum absolute atomic E-state index is 13.7. The van der Waals surface area contributed by atoms with Crippen molar-refractivity contribution in [3.63, 3.8) is 0 Å². The summed E-state index contributed by atoms with van der Waals surface area (Å²) in [6, 6.07) is 11.8. The average Bonchev–Trinajstić information content (AvgIpc) is 3.72. The van der Waals surface area contributed by atoms with Gasteiger partial charge in [0.2, 0.25) is 0 Å². The fraction of sp³-hybridized carbons (Fsp3) is 0.471. The number of furan rings is 1. The molecule has 3 fully saturated rings. The normalized spacial score (nSPS) is 22.4. The van der Waals surface area contributed by atoms with Gasteiger partial charge in [0.05, 0.1) is 23.0 Å². The number of nitrogens with zero attached hydrogens (tertiary/aromatic N) is 3. The van der Waals surface area contributed by atoms with E-state index in [2.05, 4.69) is 4.90 Å². The van der Waals surface area contributed by atoms with Crippen molar-refractivity contribution in [1.29, 1.82) is 0 Å². The Labute approximate surface area is 262 Å². The number of carbonyl (C=O) groups is 2. The van der Waals surface area contributed by atoms with Crippen molar-refractivity contribution in [2.24, 2.45) is 5.41 Å². The van der Waals surface area contributed by atoms with E-state index in [0.717, 1.165) is 37.9 Å². The number of benzene rings is 2. The summed E-state index contributed by atoms with van der Waals surface area (Å²) >= 11 is 0. The second kappa shape index (κ2) is 12.4. The Morgan fingerprint density at radius 1 is 0.804 bits per heavy atom. The summed E-state index contributed by atoms with van der Waals surface area (Å²) < 4.78 is 86.5. The molecular weight excluding hydrogens is 612 g/mol. The summed E-state index contributed by atoms with van der Waals surface area (Å²) in [5.74, 6) is -0.862. The first-order valence-electron chi connectivity index (χ1n) is 15.5. The van der Waals surface area contributed by atoms with E-state index >= 15 is 0 Å². The fourth-order valence-electron chi connectivity index (χ4n) is 7.40. The first-order chi connectivity index (χ1) is 21.8. The van der Waals surface area contributed by atoms with Crippen molar-refractivity contribution in [3.05, 3.63) is 94.9 Å². The van der Waals surface area contributed by atoms with Crippen molar-refractivity contribution in [2.75, 3.05) is 32.7 Å². The van der Waals surface area contributed by atoms with Crippen molar-refractivity contribution in [1.82, 2.24) is 14.7 Å². The fourth-order valence-corrected chi connectivity index (χ4v) is 7.40. The van der Waals surface area contributed by atoms with E-state index in [9.17, 15) is 35.9 Å². The van der Waals surface area contributed by atoms with Gasteiger partial charge in [0.15, 0.2) is 0 Å². The zero-order valence-electron chi connectivity index (χ0n) is 25.1. The van der Waals surface area contributed by atoms with Crippen molar-refractivity contribution >= 4 is 11.8 Å². The van der Waals surface area contributed by atoms with E-state index in [0.29, 0.717) is 50.0 Å². The van der Waals surface area contributed by atoms with Crippen LogP contribution in [0.3, 0.4) is 0 Å². The minimum absolute atomic E-state index is 0.0306. The summed E-state index contributed by atoms with van der Waals surface area (Å²) in [4.78, 5) is 32.3. The van der Waals surface area contributed by atoms with Crippen molar-refractivity contribution in [3.8, 4) is 0 Å². The SMILES string of the molecule is O=C(c1ccoc1)N1CCC2(CCN(C3CCN(C(=O)c4cc(C(F)(F)F)cc(C(F)(F)F)c4)C(Cc4ccccc4)C3)CC2)C1. The number of alkyl halides is 6. The van der Waals surface area contributed by atoms with Gasteiger partial charge in [-0.2, -0.15) is 26.3 Å². The number of hydrogen-bond acceptors (Lipinski definition) is 4. The van der Waals surface area contributed by atoms with E-state index in [-0.39, 0.29) is 30.0 Å². The highest BCUT2D eigenvalue weighted by Gasteiger charge is 2.45. The van der Waals surface area contributed by atoms with Crippen LogP contribution in [0, 0.1) is 5.41 Å². The van der Waals surface area contributed by atoms with Crippen LogP contribution in [0.5, 0.6) is 0 Å². The van der Waals surface area contributed by atoms with Gasteiger partial charge in [0, 0.05) is 37.3 Å². The molecule has 3 aliphatic heterocycles. The third-order valence-electron chi connectivity index (χ3n) is 9.97. The molecule has 0 aliphatic carbocycles. The highest BCUT2D eigenvalue weighted by molar-refractivity contribution is 5.95. The van der Waals surface area contributed by atoms with E-state index < -0.39 is 41.0 Å². The van der Waals surface area contributed by atoms with E-state index in [4.69, 9.17) is 4.42 Å². The smallest absolute Gasteiger partial charge is 0.416 e. The predicted molar refractivity (Wildman–Crippen MR) is 157 cm³/mol. The zero-order chi connectivity index (χ0) is 32.7. The highest BCUT2D eigenvalue weighted by Crippen LogP contribution is 2.42. The molecular formula is C34H35F6N3O3. The molecule has 3 saturated heterocycles. The van der Waals surface area contributed by atoms with Gasteiger partial charge < -0.3 is 19.1 Å². The van der Waals surface area contributed by atoms with E-state index in [1.54, 1.807) is 6.07 Å². The largest absolute Gasteiger partial charge is 0.472 e. The molecule has 1 aromatic heterocycles. The summed E-state index contributed by atoms with van der Waals surface area (Å²) in [7, 11) is 0. The molecule has 4 heterocycles. The third-order valence-corrected chi connectivity index (χ3v) is 9.97. The first-order valence-corrected chi connectivity index (χ1v) is 15.5. The Morgan fingerprint density at radius 3 is 2.07 bits per heavy atom. The second-order valence-electron chi connectivity index (χ2n) is 12.8. The summed E-state index contributed by atoms with van der Waals surface area (Å²) in [5.41, 5.74) is -2.11. The molecule has 2 amide bonds. The van der Waals surface area contributed by atoms with E-state index in [1.165, 1.54) is 17.4 Å². The Hall–Kier alpha value is -3.80. The van der Waals surface area contributed by atoms with Crippen LogP contribution in [0.2, 0.25) is 0 Å². The Kier molecular flexibility index (Phi) is 8.69. The van der Waals surface area contributed by atoms with Gasteiger partial charge in [0.25, 0.3) is 11.8 Å². The zero-order valence-corrected chi connectivity index (χ0v) is 25.1.